The molecule has 0 fully saturated rings. The van der Waals surface area contributed by atoms with Crippen LogP contribution in [0.15, 0.2) is 32.7 Å². The lowest BCUT2D eigenvalue weighted by Crippen LogP contribution is -1.98. The molecule has 0 saturated heterocycles. The van der Waals surface area contributed by atoms with Gasteiger partial charge >= 0.3 is 0 Å². The van der Waals surface area contributed by atoms with Gasteiger partial charge in [0.2, 0.25) is 0 Å². The van der Waals surface area contributed by atoms with Crippen molar-refractivity contribution < 1.29 is 4.39 Å². The lowest BCUT2D eigenvalue weighted by Gasteiger charge is -2.01. The van der Waals surface area contributed by atoms with Gasteiger partial charge in [-0.25, -0.2) is 9.38 Å². The molecule has 0 aliphatic carbocycles. The summed E-state index contributed by atoms with van der Waals surface area (Å²) in [5.41, 5.74) is 0.683. The van der Waals surface area contributed by atoms with Gasteiger partial charge < -0.3 is 0 Å². The van der Waals surface area contributed by atoms with Gasteiger partial charge in [-0.05, 0) is 40.5 Å². The first-order valence-electron chi connectivity index (χ1n) is 4.63. The van der Waals surface area contributed by atoms with Gasteiger partial charge in [0, 0.05) is 18.8 Å². The summed E-state index contributed by atoms with van der Waals surface area (Å²) in [5.74, 6) is 0.239. The summed E-state index contributed by atoms with van der Waals surface area (Å²) in [6.07, 6.45) is 2.58. The summed E-state index contributed by atoms with van der Waals surface area (Å²) in [6, 6.07) is 4.85. The van der Waals surface area contributed by atoms with E-state index in [0.717, 1.165) is 6.42 Å². The molecule has 0 aromatic heterocycles. The van der Waals surface area contributed by atoms with Crippen LogP contribution in [-0.2, 0) is 0 Å². The van der Waals surface area contributed by atoms with Crippen LogP contribution in [0.1, 0.15) is 18.9 Å². The van der Waals surface area contributed by atoms with Crippen molar-refractivity contribution in [3.05, 3.63) is 34.1 Å². The van der Waals surface area contributed by atoms with E-state index >= 15 is 0 Å². The molecule has 0 heterocycles. The zero-order valence-electron chi connectivity index (χ0n) is 8.67. The Balaban J connectivity index is 3.04. The smallest absolute Gasteiger partial charge is 0.154 e. The Hall–Kier alpha value is -1.03. The van der Waals surface area contributed by atoms with E-state index in [0.29, 0.717) is 15.9 Å². The number of hydrogen-bond donors (Lipinski definition) is 0. The predicted octanol–water partition coefficient (Wildman–Crippen LogP) is 3.45. The molecule has 2 nitrogen and oxygen atoms in total. The van der Waals surface area contributed by atoms with Gasteiger partial charge in [0.05, 0.1) is 4.47 Å². The molecule has 1 rings (SSSR count). The third-order valence-corrected chi connectivity index (χ3v) is 2.43. The van der Waals surface area contributed by atoms with Gasteiger partial charge in [0.1, 0.15) is 5.82 Å². The fourth-order valence-corrected chi connectivity index (χ4v) is 1.32. The molecule has 15 heavy (non-hydrogen) atoms. The number of nitrogens with zero attached hydrogens (tertiary/aromatic N) is 2. The van der Waals surface area contributed by atoms with Gasteiger partial charge in [0.25, 0.3) is 0 Å². The standard InChI is InChI=1S/C11H12BrFN2/c1-3-6-15-11(14-2)8-4-5-9(12)10(13)7-8/h4-7H,3H2,1-2H3. The Labute approximate surface area is 97.1 Å². The predicted molar refractivity (Wildman–Crippen MR) is 65.3 cm³/mol. The van der Waals surface area contributed by atoms with Gasteiger partial charge in [-0.3, -0.25) is 4.99 Å². The number of rotatable bonds is 2. The SMILES string of the molecule is CCC=NC(=NC)c1ccc(Br)c(F)c1. The van der Waals surface area contributed by atoms with Gasteiger partial charge in [-0.15, -0.1) is 0 Å². The Morgan fingerprint density at radius 1 is 1.53 bits per heavy atom. The molecule has 0 aliphatic heterocycles. The Bertz CT molecular complexity index is 400. The minimum absolute atomic E-state index is 0.305. The Kier molecular flexibility index (Phi) is 4.62. The maximum absolute atomic E-state index is 13.2. The highest BCUT2D eigenvalue weighted by Crippen LogP contribution is 2.17. The topological polar surface area (TPSA) is 24.7 Å². The van der Waals surface area contributed by atoms with Crippen molar-refractivity contribution in [3.63, 3.8) is 0 Å². The average Bonchev–Trinajstić information content (AvgIpc) is 2.24. The van der Waals surface area contributed by atoms with E-state index in [4.69, 9.17) is 0 Å². The lowest BCUT2D eigenvalue weighted by atomic mass is 10.2. The number of hydrogen-bond acceptors (Lipinski definition) is 1. The Morgan fingerprint density at radius 2 is 2.27 bits per heavy atom. The van der Waals surface area contributed by atoms with E-state index in [9.17, 15) is 4.39 Å². The largest absolute Gasteiger partial charge is 0.270 e. The van der Waals surface area contributed by atoms with Crippen molar-refractivity contribution in [2.24, 2.45) is 9.98 Å². The van der Waals surface area contributed by atoms with E-state index in [1.54, 1.807) is 25.4 Å². The van der Waals surface area contributed by atoms with Crippen LogP contribution in [0, 0.1) is 5.82 Å². The van der Waals surface area contributed by atoms with Crippen LogP contribution in [0.3, 0.4) is 0 Å². The fourth-order valence-electron chi connectivity index (χ4n) is 1.07. The van der Waals surface area contributed by atoms with Crippen LogP contribution < -0.4 is 0 Å². The molecule has 0 amide bonds. The molecule has 0 atom stereocenters. The summed E-state index contributed by atoms with van der Waals surface area (Å²) in [6.45, 7) is 1.99. The second kappa shape index (κ2) is 5.75. The zero-order valence-corrected chi connectivity index (χ0v) is 10.3. The van der Waals surface area contributed by atoms with Crippen molar-refractivity contribution in [2.45, 2.75) is 13.3 Å². The van der Waals surface area contributed by atoms with E-state index in [2.05, 4.69) is 25.9 Å². The summed E-state index contributed by atoms with van der Waals surface area (Å²) in [4.78, 5) is 8.15. The normalized spacial score (nSPS) is 12.4. The first-order valence-corrected chi connectivity index (χ1v) is 5.43. The third-order valence-electron chi connectivity index (χ3n) is 1.79. The lowest BCUT2D eigenvalue weighted by molar-refractivity contribution is 0.621. The quantitative estimate of drug-likeness (QED) is 0.581. The number of halogens is 2. The van der Waals surface area contributed by atoms with Crippen molar-refractivity contribution in [1.29, 1.82) is 0 Å². The molecule has 0 unspecified atom stereocenters. The highest BCUT2D eigenvalue weighted by atomic mass is 79.9. The fraction of sp³-hybridized carbons (Fsp3) is 0.273. The molecule has 80 valence electrons. The average molecular weight is 271 g/mol. The molecule has 0 spiro atoms. The second-order valence-electron chi connectivity index (χ2n) is 2.90. The highest BCUT2D eigenvalue weighted by Gasteiger charge is 2.04. The maximum atomic E-state index is 13.2. The van der Waals surface area contributed by atoms with Crippen LogP contribution in [0.5, 0.6) is 0 Å². The molecular formula is C11H12BrFN2. The van der Waals surface area contributed by atoms with Crippen LogP contribution in [0.2, 0.25) is 0 Å². The molecule has 0 saturated carbocycles. The third kappa shape index (κ3) is 3.23. The Morgan fingerprint density at radius 3 is 2.80 bits per heavy atom. The number of amidine groups is 1. The second-order valence-corrected chi connectivity index (χ2v) is 3.75. The van der Waals surface area contributed by atoms with E-state index < -0.39 is 0 Å². The van der Waals surface area contributed by atoms with Gasteiger partial charge in [-0.2, -0.15) is 0 Å². The molecule has 1 aromatic carbocycles. The maximum Gasteiger partial charge on any atom is 0.154 e. The summed E-state index contributed by atoms with van der Waals surface area (Å²) < 4.78 is 13.7. The summed E-state index contributed by atoms with van der Waals surface area (Å²) in [7, 11) is 1.64. The monoisotopic (exact) mass is 270 g/mol. The molecule has 0 N–H and O–H groups in total. The molecule has 0 radical (unpaired) electrons. The molecule has 0 aliphatic rings. The van der Waals surface area contributed by atoms with Crippen LogP contribution in [-0.4, -0.2) is 19.1 Å². The molecule has 0 bridgehead atoms. The van der Waals surface area contributed by atoms with Crippen LogP contribution in [0.25, 0.3) is 0 Å². The summed E-state index contributed by atoms with van der Waals surface area (Å²) >= 11 is 3.10. The highest BCUT2D eigenvalue weighted by molar-refractivity contribution is 9.10. The minimum atomic E-state index is -0.305. The van der Waals surface area contributed by atoms with E-state index in [1.807, 2.05) is 6.92 Å². The van der Waals surface area contributed by atoms with E-state index in [1.165, 1.54) is 6.07 Å². The van der Waals surface area contributed by atoms with Crippen LogP contribution >= 0.6 is 15.9 Å². The molecule has 1 aromatic rings. The number of benzene rings is 1. The summed E-state index contributed by atoms with van der Waals surface area (Å²) in [5, 5.41) is 0. The molecule has 4 heteroatoms. The first kappa shape index (κ1) is 12.0. The van der Waals surface area contributed by atoms with Crippen molar-refractivity contribution in [2.75, 3.05) is 7.05 Å². The number of aliphatic imine (C=N–C) groups is 2. The van der Waals surface area contributed by atoms with Gasteiger partial charge in [0.15, 0.2) is 5.84 Å². The van der Waals surface area contributed by atoms with Crippen molar-refractivity contribution in [1.82, 2.24) is 0 Å². The van der Waals surface area contributed by atoms with Gasteiger partial charge in [-0.1, -0.05) is 6.92 Å². The van der Waals surface area contributed by atoms with Crippen molar-refractivity contribution >= 4 is 28.0 Å². The van der Waals surface area contributed by atoms with Crippen LogP contribution in [0.4, 0.5) is 4.39 Å². The first-order chi connectivity index (χ1) is 7.19. The minimum Gasteiger partial charge on any atom is -0.270 e. The molecular weight excluding hydrogens is 259 g/mol. The van der Waals surface area contributed by atoms with Crippen molar-refractivity contribution in [3.8, 4) is 0 Å². The zero-order chi connectivity index (χ0) is 11.3. The van der Waals surface area contributed by atoms with E-state index in [-0.39, 0.29) is 5.82 Å².